The molecule has 2 aromatic rings. The molecule has 0 saturated carbocycles. The lowest BCUT2D eigenvalue weighted by atomic mass is 10.2. The highest BCUT2D eigenvalue weighted by molar-refractivity contribution is 7.92. The van der Waals surface area contributed by atoms with Gasteiger partial charge in [0.2, 0.25) is 0 Å². The molecule has 0 aromatic heterocycles. The number of carbonyl (C=O) groups excluding carboxylic acids is 1. The minimum Gasteiger partial charge on any atom is -0.343 e. The summed E-state index contributed by atoms with van der Waals surface area (Å²) in [5.74, 6) is -0.958. The van der Waals surface area contributed by atoms with Crippen molar-refractivity contribution in [3.05, 3.63) is 59.1 Å². The molecule has 2 aromatic carbocycles. The second kappa shape index (κ2) is 7.32. The van der Waals surface area contributed by atoms with Gasteiger partial charge in [0, 0.05) is 5.56 Å². The summed E-state index contributed by atoms with van der Waals surface area (Å²) < 4.78 is 63.1. The van der Waals surface area contributed by atoms with Crippen molar-refractivity contribution in [1.82, 2.24) is 5.32 Å². The highest BCUT2D eigenvalue weighted by Gasteiger charge is 2.28. The van der Waals surface area contributed by atoms with E-state index >= 15 is 0 Å². The number of para-hydroxylation sites is 1. The molecule has 2 rings (SSSR count). The highest BCUT2D eigenvalue weighted by Crippen LogP contribution is 2.24. The number of amides is 1. The Morgan fingerprint density at radius 1 is 1.04 bits per heavy atom. The Hall–Kier alpha value is -2.26. The topological polar surface area (TPSA) is 75.3 Å². The SMILES string of the molecule is O=C(NCC(F)(F)F)c1ccc(S(=O)(=O)Nc2ccccc2Cl)cc1. The van der Waals surface area contributed by atoms with E-state index in [0.717, 1.165) is 24.3 Å². The Kier molecular flexibility index (Phi) is 5.58. The largest absolute Gasteiger partial charge is 0.405 e. The maximum atomic E-state index is 12.3. The van der Waals surface area contributed by atoms with Crippen LogP contribution in [0.5, 0.6) is 0 Å². The molecule has 134 valence electrons. The van der Waals surface area contributed by atoms with Crippen LogP contribution in [0, 0.1) is 0 Å². The van der Waals surface area contributed by atoms with Crippen molar-refractivity contribution in [2.75, 3.05) is 11.3 Å². The third-order valence-electron chi connectivity index (χ3n) is 2.99. The standard InChI is InChI=1S/C15H12ClF3N2O3S/c16-12-3-1-2-4-13(12)21-25(23,24)11-7-5-10(6-8-11)14(22)20-9-15(17,18)19/h1-8,21H,9H2,(H,20,22). The summed E-state index contributed by atoms with van der Waals surface area (Å²) in [5.41, 5.74) is 0.0807. The van der Waals surface area contributed by atoms with Gasteiger partial charge in [-0.25, -0.2) is 8.42 Å². The summed E-state index contributed by atoms with van der Waals surface area (Å²) in [4.78, 5) is 11.4. The van der Waals surface area contributed by atoms with E-state index in [1.165, 1.54) is 12.1 Å². The van der Waals surface area contributed by atoms with Gasteiger partial charge < -0.3 is 5.32 Å². The Labute approximate surface area is 146 Å². The molecule has 0 radical (unpaired) electrons. The van der Waals surface area contributed by atoms with E-state index in [1.54, 1.807) is 17.4 Å². The van der Waals surface area contributed by atoms with Gasteiger partial charge in [0.25, 0.3) is 15.9 Å². The fourth-order valence-electron chi connectivity index (χ4n) is 1.82. The van der Waals surface area contributed by atoms with Crippen LogP contribution in [0.25, 0.3) is 0 Å². The average molecular weight is 393 g/mol. The fourth-order valence-corrected chi connectivity index (χ4v) is 3.13. The summed E-state index contributed by atoms with van der Waals surface area (Å²) in [7, 11) is -3.96. The average Bonchev–Trinajstić information content (AvgIpc) is 2.54. The number of hydrogen-bond acceptors (Lipinski definition) is 3. The van der Waals surface area contributed by atoms with Crippen molar-refractivity contribution in [2.24, 2.45) is 0 Å². The van der Waals surface area contributed by atoms with Gasteiger partial charge in [-0.1, -0.05) is 23.7 Å². The normalized spacial score (nSPS) is 11.8. The smallest absolute Gasteiger partial charge is 0.343 e. The molecule has 0 aliphatic rings. The van der Waals surface area contributed by atoms with Crippen molar-refractivity contribution in [3.8, 4) is 0 Å². The first-order valence-electron chi connectivity index (χ1n) is 6.81. The monoisotopic (exact) mass is 392 g/mol. The molecule has 2 N–H and O–H groups in total. The minimum atomic E-state index is -4.53. The molecular formula is C15H12ClF3N2O3S. The van der Waals surface area contributed by atoms with Gasteiger partial charge >= 0.3 is 6.18 Å². The van der Waals surface area contributed by atoms with Crippen LogP contribution in [-0.2, 0) is 10.0 Å². The molecule has 0 saturated heterocycles. The minimum absolute atomic E-state index is 0.0963. The van der Waals surface area contributed by atoms with E-state index in [4.69, 9.17) is 11.6 Å². The van der Waals surface area contributed by atoms with Crippen LogP contribution in [0.3, 0.4) is 0 Å². The van der Waals surface area contributed by atoms with E-state index in [9.17, 15) is 26.4 Å². The number of rotatable bonds is 5. The number of nitrogens with one attached hydrogen (secondary N) is 2. The molecule has 0 aliphatic heterocycles. The molecule has 0 atom stereocenters. The van der Waals surface area contributed by atoms with Crippen LogP contribution in [0.1, 0.15) is 10.4 Å². The van der Waals surface area contributed by atoms with E-state index in [-0.39, 0.29) is 21.2 Å². The van der Waals surface area contributed by atoms with Crippen molar-refractivity contribution < 1.29 is 26.4 Å². The van der Waals surface area contributed by atoms with Crippen LogP contribution in [0.4, 0.5) is 18.9 Å². The lowest BCUT2D eigenvalue weighted by Gasteiger charge is -2.11. The van der Waals surface area contributed by atoms with Crippen LogP contribution in [0.15, 0.2) is 53.4 Å². The zero-order valence-corrected chi connectivity index (χ0v) is 14.0. The predicted octanol–water partition coefficient (Wildman–Crippen LogP) is 3.43. The molecule has 0 fully saturated rings. The summed E-state index contributed by atoms with van der Waals surface area (Å²) in [5, 5.41) is 1.90. The zero-order valence-electron chi connectivity index (χ0n) is 12.5. The lowest BCUT2D eigenvalue weighted by Crippen LogP contribution is -2.33. The lowest BCUT2D eigenvalue weighted by molar-refractivity contribution is -0.123. The number of halogens is 4. The first-order valence-corrected chi connectivity index (χ1v) is 8.67. The Morgan fingerprint density at radius 3 is 2.20 bits per heavy atom. The second-order valence-electron chi connectivity index (χ2n) is 4.91. The van der Waals surface area contributed by atoms with Crippen LogP contribution in [-0.4, -0.2) is 27.0 Å². The maximum Gasteiger partial charge on any atom is 0.405 e. The molecule has 10 heteroatoms. The van der Waals surface area contributed by atoms with E-state index in [2.05, 4.69) is 4.72 Å². The van der Waals surface area contributed by atoms with Gasteiger partial charge in [-0.05, 0) is 36.4 Å². The molecule has 0 bridgehead atoms. The van der Waals surface area contributed by atoms with E-state index in [0.29, 0.717) is 0 Å². The summed E-state index contributed by atoms with van der Waals surface area (Å²) in [6.07, 6.45) is -4.53. The predicted molar refractivity (Wildman–Crippen MR) is 87.1 cm³/mol. The van der Waals surface area contributed by atoms with Crippen LogP contribution in [0.2, 0.25) is 5.02 Å². The second-order valence-corrected chi connectivity index (χ2v) is 7.00. The number of carbonyl (C=O) groups is 1. The van der Waals surface area contributed by atoms with Gasteiger partial charge in [0.1, 0.15) is 6.54 Å². The number of benzene rings is 2. The molecule has 25 heavy (non-hydrogen) atoms. The first kappa shape index (κ1) is 19.1. The molecule has 0 spiro atoms. The molecule has 0 aliphatic carbocycles. The van der Waals surface area contributed by atoms with Gasteiger partial charge in [0.15, 0.2) is 0 Å². The molecule has 0 heterocycles. The third kappa shape index (κ3) is 5.36. The van der Waals surface area contributed by atoms with Gasteiger partial charge in [-0.3, -0.25) is 9.52 Å². The van der Waals surface area contributed by atoms with Crippen LogP contribution < -0.4 is 10.0 Å². The maximum absolute atomic E-state index is 12.3. The molecule has 0 unspecified atom stereocenters. The van der Waals surface area contributed by atoms with Gasteiger partial charge in [-0.15, -0.1) is 0 Å². The summed E-state index contributed by atoms with van der Waals surface area (Å²) >= 11 is 5.88. The number of hydrogen-bond donors (Lipinski definition) is 2. The number of alkyl halides is 3. The fraction of sp³-hybridized carbons (Fsp3) is 0.133. The first-order chi connectivity index (χ1) is 11.6. The Bertz CT molecular complexity index is 868. The quantitative estimate of drug-likeness (QED) is 0.818. The molecule has 1 amide bonds. The Balaban J connectivity index is 2.13. The van der Waals surface area contributed by atoms with E-state index in [1.807, 2.05) is 0 Å². The third-order valence-corrected chi connectivity index (χ3v) is 4.71. The van der Waals surface area contributed by atoms with Crippen LogP contribution >= 0.6 is 11.6 Å². The Morgan fingerprint density at radius 2 is 1.64 bits per heavy atom. The zero-order chi connectivity index (χ0) is 18.7. The van der Waals surface area contributed by atoms with Crippen molar-refractivity contribution >= 4 is 33.2 Å². The number of sulfonamides is 1. The van der Waals surface area contributed by atoms with E-state index < -0.39 is 28.7 Å². The van der Waals surface area contributed by atoms with Crippen molar-refractivity contribution in [1.29, 1.82) is 0 Å². The van der Waals surface area contributed by atoms with Crippen molar-refractivity contribution in [2.45, 2.75) is 11.1 Å². The molecular weight excluding hydrogens is 381 g/mol. The van der Waals surface area contributed by atoms with Gasteiger partial charge in [-0.2, -0.15) is 13.2 Å². The summed E-state index contributed by atoms with van der Waals surface area (Å²) in [6.45, 7) is -1.47. The van der Waals surface area contributed by atoms with Gasteiger partial charge in [0.05, 0.1) is 15.6 Å². The number of anilines is 1. The highest BCUT2D eigenvalue weighted by atomic mass is 35.5. The molecule has 5 nitrogen and oxygen atoms in total. The van der Waals surface area contributed by atoms with Crippen molar-refractivity contribution in [3.63, 3.8) is 0 Å². The summed E-state index contributed by atoms with van der Waals surface area (Å²) in [6, 6.07) is 10.7.